The molecule has 1 aromatic rings. The minimum Gasteiger partial charge on any atom is -0.481 e. The molecule has 7 heteroatoms. The van der Waals surface area contributed by atoms with Gasteiger partial charge in [0.2, 0.25) is 5.91 Å². The van der Waals surface area contributed by atoms with Gasteiger partial charge in [-0.05, 0) is 47.9 Å². The fourth-order valence-electron chi connectivity index (χ4n) is 2.41. The van der Waals surface area contributed by atoms with Crippen LogP contribution in [0, 0.1) is 5.92 Å². The van der Waals surface area contributed by atoms with Crippen molar-refractivity contribution in [2.45, 2.75) is 19.4 Å². The largest absolute Gasteiger partial charge is 0.481 e. The number of hydrogen-bond donors (Lipinski definition) is 1. The zero-order valence-corrected chi connectivity index (χ0v) is 14.3. The van der Waals surface area contributed by atoms with Crippen LogP contribution in [-0.4, -0.2) is 53.5 Å². The van der Waals surface area contributed by atoms with E-state index >= 15 is 0 Å². The van der Waals surface area contributed by atoms with E-state index in [1.54, 1.807) is 23.3 Å². The average Bonchev–Trinajstić information content (AvgIpc) is 2.84. The molecule has 1 aliphatic heterocycles. The summed E-state index contributed by atoms with van der Waals surface area (Å²) >= 11 is 5.03. The van der Waals surface area contributed by atoms with E-state index in [4.69, 9.17) is 5.11 Å². The zero-order chi connectivity index (χ0) is 15.4. The Kier molecular flexibility index (Phi) is 5.78. The smallest absolute Gasteiger partial charge is 0.306 e. The van der Waals surface area contributed by atoms with E-state index in [2.05, 4.69) is 15.9 Å². The van der Waals surface area contributed by atoms with Crippen LogP contribution in [0.15, 0.2) is 15.9 Å². The summed E-state index contributed by atoms with van der Waals surface area (Å²) < 4.78 is 1.04. The Morgan fingerprint density at radius 1 is 1.48 bits per heavy atom. The molecule has 1 aliphatic rings. The number of aliphatic carboxylic acids is 1. The third-order valence-electron chi connectivity index (χ3n) is 3.74. The van der Waals surface area contributed by atoms with Gasteiger partial charge in [0.05, 0.1) is 19.0 Å². The summed E-state index contributed by atoms with van der Waals surface area (Å²) in [6.45, 7) is 2.35. The maximum atomic E-state index is 12.2. The lowest BCUT2D eigenvalue weighted by Crippen LogP contribution is -2.43. The summed E-state index contributed by atoms with van der Waals surface area (Å²) in [5.41, 5.74) is 0. The van der Waals surface area contributed by atoms with Crippen molar-refractivity contribution in [2.75, 3.05) is 26.7 Å². The Morgan fingerprint density at radius 3 is 2.67 bits per heavy atom. The summed E-state index contributed by atoms with van der Waals surface area (Å²) in [6.07, 6.45) is 1.26. The van der Waals surface area contributed by atoms with Crippen LogP contribution in [0.5, 0.6) is 0 Å². The number of likely N-dealkylation sites (tertiary alicyclic amines) is 1. The van der Waals surface area contributed by atoms with Gasteiger partial charge in [-0.25, -0.2) is 0 Å². The van der Waals surface area contributed by atoms with Gasteiger partial charge in [-0.3, -0.25) is 14.5 Å². The topological polar surface area (TPSA) is 60.9 Å². The van der Waals surface area contributed by atoms with Crippen molar-refractivity contribution in [3.63, 3.8) is 0 Å². The standard InChI is InChI=1S/C14H19BrN2O3S/c1-16(7-12-6-11(15)9-21-12)13(18)8-17-4-2-10(3-5-17)14(19)20/h6,9-10H,2-5,7-8H2,1H3,(H,19,20). The van der Waals surface area contributed by atoms with Crippen molar-refractivity contribution in [1.29, 1.82) is 0 Å². The molecule has 0 bridgehead atoms. The second-order valence-electron chi connectivity index (χ2n) is 5.37. The number of halogens is 1. The SMILES string of the molecule is CN(Cc1cc(Br)cs1)C(=O)CN1CCC(C(=O)O)CC1. The molecule has 2 rings (SSSR count). The lowest BCUT2D eigenvalue weighted by atomic mass is 9.97. The van der Waals surface area contributed by atoms with Crippen LogP contribution in [0.2, 0.25) is 0 Å². The highest BCUT2D eigenvalue weighted by Crippen LogP contribution is 2.21. The molecule has 0 aliphatic carbocycles. The summed E-state index contributed by atoms with van der Waals surface area (Å²) in [7, 11) is 1.81. The molecule has 2 heterocycles. The molecular weight excluding hydrogens is 356 g/mol. The van der Waals surface area contributed by atoms with E-state index in [1.807, 2.05) is 16.3 Å². The second kappa shape index (κ2) is 7.38. The highest BCUT2D eigenvalue weighted by atomic mass is 79.9. The number of carboxylic acid groups (broad SMARTS) is 1. The summed E-state index contributed by atoms with van der Waals surface area (Å²) in [6, 6.07) is 2.02. The van der Waals surface area contributed by atoms with Crippen LogP contribution >= 0.6 is 27.3 Å². The predicted octanol–water partition coefficient (Wildman–Crippen LogP) is 2.27. The maximum absolute atomic E-state index is 12.2. The van der Waals surface area contributed by atoms with Gasteiger partial charge in [-0.15, -0.1) is 11.3 Å². The first kappa shape index (κ1) is 16.5. The Morgan fingerprint density at radius 2 is 2.14 bits per heavy atom. The number of thiophene rings is 1. The van der Waals surface area contributed by atoms with Crippen LogP contribution in [0.25, 0.3) is 0 Å². The molecule has 1 aromatic heterocycles. The molecule has 0 atom stereocenters. The average molecular weight is 375 g/mol. The van der Waals surface area contributed by atoms with E-state index in [-0.39, 0.29) is 11.8 Å². The molecule has 1 fully saturated rings. The Bertz CT molecular complexity index is 512. The number of rotatable bonds is 5. The van der Waals surface area contributed by atoms with E-state index < -0.39 is 5.97 Å². The number of carbonyl (C=O) groups excluding carboxylic acids is 1. The minimum atomic E-state index is -0.721. The fraction of sp³-hybridized carbons (Fsp3) is 0.571. The first-order valence-electron chi connectivity index (χ1n) is 6.87. The van der Waals surface area contributed by atoms with Gasteiger partial charge in [-0.1, -0.05) is 0 Å². The second-order valence-corrected chi connectivity index (χ2v) is 7.28. The number of carboxylic acids is 1. The maximum Gasteiger partial charge on any atom is 0.306 e. The highest BCUT2D eigenvalue weighted by Gasteiger charge is 2.26. The number of carbonyl (C=O) groups is 2. The van der Waals surface area contributed by atoms with Gasteiger partial charge in [0.25, 0.3) is 0 Å². The van der Waals surface area contributed by atoms with Crippen molar-refractivity contribution in [2.24, 2.45) is 5.92 Å². The molecule has 1 amide bonds. The Labute approximate surface area is 136 Å². The number of hydrogen-bond acceptors (Lipinski definition) is 4. The van der Waals surface area contributed by atoms with Gasteiger partial charge >= 0.3 is 5.97 Å². The molecule has 0 unspecified atom stereocenters. The van der Waals surface area contributed by atoms with Crippen molar-refractivity contribution >= 4 is 39.1 Å². The monoisotopic (exact) mass is 374 g/mol. The van der Waals surface area contributed by atoms with E-state index in [1.165, 1.54) is 0 Å². The Balaban J connectivity index is 1.77. The van der Waals surface area contributed by atoms with Gasteiger partial charge in [0.15, 0.2) is 0 Å². The fourth-order valence-corrected chi connectivity index (χ4v) is 3.91. The van der Waals surface area contributed by atoms with Crippen molar-refractivity contribution in [1.82, 2.24) is 9.80 Å². The Hall–Kier alpha value is -0.920. The molecular formula is C14H19BrN2O3S. The molecule has 0 radical (unpaired) electrons. The third-order valence-corrected chi connectivity index (χ3v) is 5.42. The van der Waals surface area contributed by atoms with Gasteiger partial charge in [0.1, 0.15) is 0 Å². The molecule has 5 nitrogen and oxygen atoms in total. The number of amides is 1. The quantitative estimate of drug-likeness (QED) is 0.858. The summed E-state index contributed by atoms with van der Waals surface area (Å²) in [5, 5.41) is 11.0. The summed E-state index contributed by atoms with van der Waals surface area (Å²) in [4.78, 5) is 28.0. The molecule has 0 aromatic carbocycles. The van der Waals surface area contributed by atoms with Crippen LogP contribution in [0.1, 0.15) is 17.7 Å². The van der Waals surface area contributed by atoms with Gasteiger partial charge in [-0.2, -0.15) is 0 Å². The molecule has 21 heavy (non-hydrogen) atoms. The van der Waals surface area contributed by atoms with Crippen molar-refractivity contribution < 1.29 is 14.7 Å². The molecule has 0 spiro atoms. The first-order valence-corrected chi connectivity index (χ1v) is 8.55. The van der Waals surface area contributed by atoms with Gasteiger partial charge in [0, 0.05) is 21.8 Å². The van der Waals surface area contributed by atoms with Crippen LogP contribution < -0.4 is 0 Å². The molecule has 0 saturated carbocycles. The number of piperidine rings is 1. The minimum absolute atomic E-state index is 0.0771. The molecule has 116 valence electrons. The van der Waals surface area contributed by atoms with E-state index in [9.17, 15) is 9.59 Å². The first-order chi connectivity index (χ1) is 9.95. The van der Waals surface area contributed by atoms with Crippen molar-refractivity contribution in [3.05, 3.63) is 20.8 Å². The number of nitrogens with zero attached hydrogens (tertiary/aromatic N) is 2. The predicted molar refractivity (Wildman–Crippen MR) is 85.3 cm³/mol. The highest BCUT2D eigenvalue weighted by molar-refractivity contribution is 9.10. The van der Waals surface area contributed by atoms with Crippen LogP contribution in [-0.2, 0) is 16.1 Å². The molecule has 1 N–H and O–H groups in total. The lowest BCUT2D eigenvalue weighted by Gasteiger charge is -2.30. The third kappa shape index (κ3) is 4.79. The van der Waals surface area contributed by atoms with Crippen molar-refractivity contribution in [3.8, 4) is 0 Å². The number of likely N-dealkylation sites (N-methyl/N-ethyl adjacent to an activating group) is 1. The van der Waals surface area contributed by atoms with Crippen LogP contribution in [0.3, 0.4) is 0 Å². The normalized spacial score (nSPS) is 16.9. The van der Waals surface area contributed by atoms with Gasteiger partial charge < -0.3 is 10.0 Å². The lowest BCUT2D eigenvalue weighted by molar-refractivity contribution is -0.143. The van der Waals surface area contributed by atoms with E-state index in [0.717, 1.165) is 9.35 Å². The summed E-state index contributed by atoms with van der Waals surface area (Å²) in [5.74, 6) is -0.896. The molecule has 1 saturated heterocycles. The van der Waals surface area contributed by atoms with E-state index in [0.29, 0.717) is 39.0 Å². The zero-order valence-electron chi connectivity index (χ0n) is 11.9. The van der Waals surface area contributed by atoms with Crippen LogP contribution in [0.4, 0.5) is 0 Å².